The van der Waals surface area contributed by atoms with Crippen LogP contribution in [-0.4, -0.2) is 33.4 Å². The summed E-state index contributed by atoms with van der Waals surface area (Å²) in [6, 6.07) is 12.8. The molecule has 0 radical (unpaired) electrons. The van der Waals surface area contributed by atoms with E-state index < -0.39 is 0 Å². The van der Waals surface area contributed by atoms with Gasteiger partial charge in [-0.15, -0.1) is 0 Å². The van der Waals surface area contributed by atoms with E-state index in [1.54, 1.807) is 14.2 Å². The number of hydrogen-bond donors (Lipinski definition) is 1. The molecule has 2 aromatic rings. The lowest BCUT2D eigenvalue weighted by Gasteiger charge is -2.38. The largest absolute Gasteiger partial charge is 0.493 e. The Labute approximate surface area is 148 Å². The molecule has 4 nitrogen and oxygen atoms in total. The zero-order valence-electron chi connectivity index (χ0n) is 14.7. The molecule has 134 valence electrons. The minimum Gasteiger partial charge on any atom is -0.493 e. The molecular formula is C20H25FN2O2. The molecule has 0 spiro atoms. The number of nitrogens with two attached hydrogens (primary N) is 1. The number of benzene rings is 2. The van der Waals surface area contributed by atoms with Gasteiger partial charge in [0.2, 0.25) is 0 Å². The van der Waals surface area contributed by atoms with Crippen molar-refractivity contribution in [3.63, 3.8) is 0 Å². The third-order valence-corrected chi connectivity index (χ3v) is 4.74. The SMILES string of the molecule is COc1ccc(N2CC(N)CC(Cc3ccc(F)cc3)C2)cc1OC. The van der Waals surface area contributed by atoms with E-state index in [-0.39, 0.29) is 11.9 Å². The van der Waals surface area contributed by atoms with Crippen LogP contribution in [-0.2, 0) is 6.42 Å². The second kappa shape index (κ2) is 7.74. The van der Waals surface area contributed by atoms with Crippen LogP contribution in [0, 0.1) is 11.7 Å². The summed E-state index contributed by atoms with van der Waals surface area (Å²) in [6.45, 7) is 1.73. The molecule has 1 fully saturated rings. The van der Waals surface area contributed by atoms with Gasteiger partial charge in [0, 0.05) is 30.9 Å². The summed E-state index contributed by atoms with van der Waals surface area (Å²) in [4.78, 5) is 2.30. The minimum absolute atomic E-state index is 0.118. The van der Waals surface area contributed by atoms with E-state index in [0.29, 0.717) is 11.7 Å². The van der Waals surface area contributed by atoms with E-state index in [9.17, 15) is 4.39 Å². The standard InChI is InChI=1S/C20H25FN2O2/c1-24-19-8-7-18(11-20(19)25-2)23-12-15(10-17(22)13-23)9-14-3-5-16(21)6-4-14/h3-8,11,15,17H,9-10,12-13,22H2,1-2H3. The Morgan fingerprint density at radius 2 is 1.76 bits per heavy atom. The first-order valence-electron chi connectivity index (χ1n) is 8.56. The van der Waals surface area contributed by atoms with Crippen LogP contribution < -0.4 is 20.1 Å². The van der Waals surface area contributed by atoms with E-state index in [1.807, 2.05) is 30.3 Å². The van der Waals surface area contributed by atoms with Crippen molar-refractivity contribution in [3.05, 3.63) is 53.8 Å². The van der Waals surface area contributed by atoms with Crippen molar-refractivity contribution < 1.29 is 13.9 Å². The molecule has 2 atom stereocenters. The van der Waals surface area contributed by atoms with Crippen molar-refractivity contribution in [2.45, 2.75) is 18.9 Å². The topological polar surface area (TPSA) is 47.7 Å². The molecule has 1 aliphatic rings. The molecule has 25 heavy (non-hydrogen) atoms. The van der Waals surface area contributed by atoms with E-state index in [4.69, 9.17) is 15.2 Å². The summed E-state index contributed by atoms with van der Waals surface area (Å²) in [7, 11) is 3.27. The molecule has 5 heteroatoms. The van der Waals surface area contributed by atoms with Gasteiger partial charge in [0.25, 0.3) is 0 Å². The third-order valence-electron chi connectivity index (χ3n) is 4.74. The molecule has 0 aliphatic carbocycles. The fraction of sp³-hybridized carbons (Fsp3) is 0.400. The van der Waals surface area contributed by atoms with Crippen molar-refractivity contribution in [1.29, 1.82) is 0 Å². The molecule has 0 bridgehead atoms. The van der Waals surface area contributed by atoms with Crippen molar-refractivity contribution in [2.75, 3.05) is 32.2 Å². The van der Waals surface area contributed by atoms with Crippen LogP contribution in [0.15, 0.2) is 42.5 Å². The Morgan fingerprint density at radius 3 is 2.44 bits per heavy atom. The van der Waals surface area contributed by atoms with Crippen LogP contribution in [0.4, 0.5) is 10.1 Å². The van der Waals surface area contributed by atoms with Gasteiger partial charge in [-0.05, 0) is 48.6 Å². The van der Waals surface area contributed by atoms with E-state index >= 15 is 0 Å². The van der Waals surface area contributed by atoms with Crippen molar-refractivity contribution in [2.24, 2.45) is 11.7 Å². The molecule has 1 saturated heterocycles. The molecule has 1 aliphatic heterocycles. The fourth-order valence-corrected chi connectivity index (χ4v) is 3.58. The first-order valence-corrected chi connectivity index (χ1v) is 8.56. The number of piperidine rings is 1. The summed E-state index contributed by atoms with van der Waals surface area (Å²) >= 11 is 0. The molecule has 1 heterocycles. The summed E-state index contributed by atoms with van der Waals surface area (Å²) in [5.41, 5.74) is 8.53. The van der Waals surface area contributed by atoms with Gasteiger partial charge in [0.05, 0.1) is 14.2 Å². The van der Waals surface area contributed by atoms with E-state index in [0.717, 1.165) is 42.9 Å². The predicted octanol–water partition coefficient (Wildman–Crippen LogP) is 3.24. The normalized spacial score (nSPS) is 20.4. The van der Waals surface area contributed by atoms with Gasteiger partial charge in [0.1, 0.15) is 5.82 Å². The van der Waals surface area contributed by atoms with Crippen LogP contribution in [0.2, 0.25) is 0 Å². The van der Waals surface area contributed by atoms with Crippen LogP contribution in [0.3, 0.4) is 0 Å². The maximum Gasteiger partial charge on any atom is 0.162 e. The minimum atomic E-state index is -0.198. The lowest BCUT2D eigenvalue weighted by atomic mass is 9.88. The second-order valence-electron chi connectivity index (χ2n) is 6.64. The lowest BCUT2D eigenvalue weighted by Crippen LogP contribution is -2.47. The van der Waals surface area contributed by atoms with Gasteiger partial charge in [0.15, 0.2) is 11.5 Å². The van der Waals surface area contributed by atoms with Crippen LogP contribution in [0.5, 0.6) is 11.5 Å². The predicted molar refractivity (Wildman–Crippen MR) is 97.9 cm³/mol. The molecule has 2 unspecified atom stereocenters. The van der Waals surface area contributed by atoms with Crippen LogP contribution in [0.25, 0.3) is 0 Å². The summed E-state index contributed by atoms with van der Waals surface area (Å²) in [5.74, 6) is 1.67. The van der Waals surface area contributed by atoms with Crippen LogP contribution >= 0.6 is 0 Å². The van der Waals surface area contributed by atoms with Gasteiger partial charge in [-0.25, -0.2) is 4.39 Å². The van der Waals surface area contributed by atoms with Crippen molar-refractivity contribution in [3.8, 4) is 11.5 Å². The molecular weight excluding hydrogens is 319 g/mol. The first kappa shape index (κ1) is 17.5. The lowest BCUT2D eigenvalue weighted by molar-refractivity contribution is 0.353. The molecule has 0 amide bonds. The number of anilines is 1. The maximum atomic E-state index is 13.1. The zero-order valence-corrected chi connectivity index (χ0v) is 14.7. The van der Waals surface area contributed by atoms with E-state index in [1.165, 1.54) is 12.1 Å². The number of rotatable bonds is 5. The number of methoxy groups -OCH3 is 2. The summed E-state index contributed by atoms with van der Waals surface area (Å²) < 4.78 is 23.8. The smallest absolute Gasteiger partial charge is 0.162 e. The van der Waals surface area contributed by atoms with Gasteiger partial charge >= 0.3 is 0 Å². The van der Waals surface area contributed by atoms with Crippen molar-refractivity contribution in [1.82, 2.24) is 0 Å². The Hall–Kier alpha value is -2.27. The molecule has 0 saturated carbocycles. The molecule has 2 N–H and O–H groups in total. The van der Waals surface area contributed by atoms with Crippen LogP contribution in [0.1, 0.15) is 12.0 Å². The highest BCUT2D eigenvalue weighted by Gasteiger charge is 2.26. The number of halogens is 1. The number of ether oxygens (including phenoxy) is 2. The quantitative estimate of drug-likeness (QED) is 0.905. The summed E-state index contributed by atoms with van der Waals surface area (Å²) in [5, 5.41) is 0. The van der Waals surface area contributed by atoms with Gasteiger partial charge in [-0.3, -0.25) is 0 Å². The average molecular weight is 344 g/mol. The highest BCUT2D eigenvalue weighted by molar-refractivity contribution is 5.56. The molecule has 0 aromatic heterocycles. The first-order chi connectivity index (χ1) is 12.1. The average Bonchev–Trinajstić information content (AvgIpc) is 2.62. The van der Waals surface area contributed by atoms with Crippen molar-refractivity contribution >= 4 is 5.69 Å². The zero-order chi connectivity index (χ0) is 17.8. The Morgan fingerprint density at radius 1 is 1.04 bits per heavy atom. The highest BCUT2D eigenvalue weighted by Crippen LogP contribution is 2.33. The van der Waals surface area contributed by atoms with Gasteiger partial charge < -0.3 is 20.1 Å². The second-order valence-corrected chi connectivity index (χ2v) is 6.64. The monoisotopic (exact) mass is 344 g/mol. The van der Waals surface area contributed by atoms with Gasteiger partial charge in [-0.1, -0.05) is 12.1 Å². The third kappa shape index (κ3) is 4.23. The Bertz CT molecular complexity index is 705. The Kier molecular flexibility index (Phi) is 5.43. The summed E-state index contributed by atoms with van der Waals surface area (Å²) in [6.07, 6.45) is 1.87. The number of nitrogens with zero attached hydrogens (tertiary/aromatic N) is 1. The highest BCUT2D eigenvalue weighted by atomic mass is 19.1. The number of hydrogen-bond acceptors (Lipinski definition) is 4. The maximum absolute atomic E-state index is 13.1. The van der Waals surface area contributed by atoms with E-state index in [2.05, 4.69) is 4.90 Å². The van der Waals surface area contributed by atoms with Gasteiger partial charge in [-0.2, -0.15) is 0 Å². The Balaban J connectivity index is 1.75. The molecule has 3 rings (SSSR count). The molecule has 2 aromatic carbocycles. The fourth-order valence-electron chi connectivity index (χ4n) is 3.58.